The summed E-state index contributed by atoms with van der Waals surface area (Å²) in [6, 6.07) is 0.225. The lowest BCUT2D eigenvalue weighted by Gasteiger charge is -2.15. The van der Waals surface area contributed by atoms with Gasteiger partial charge in [0.25, 0.3) is 0 Å². The van der Waals surface area contributed by atoms with E-state index >= 15 is 0 Å². The molecule has 1 N–H and O–H groups in total. The Kier molecular flexibility index (Phi) is 5.89. The van der Waals surface area contributed by atoms with E-state index in [1.54, 1.807) is 0 Å². The van der Waals surface area contributed by atoms with Crippen LogP contribution in [-0.4, -0.2) is 26.4 Å². The van der Waals surface area contributed by atoms with Crippen LogP contribution in [0.2, 0.25) is 0 Å². The van der Waals surface area contributed by atoms with Gasteiger partial charge in [0.1, 0.15) is 0 Å². The zero-order valence-electron chi connectivity index (χ0n) is 13.0. The lowest BCUT2D eigenvalue weighted by molar-refractivity contribution is 0.561. The van der Waals surface area contributed by atoms with E-state index in [1.807, 2.05) is 18.8 Å². The van der Waals surface area contributed by atoms with Crippen LogP contribution in [0, 0.1) is 0 Å². The molecule has 0 aliphatic rings. The Morgan fingerprint density at radius 3 is 2.67 bits per heavy atom. The van der Waals surface area contributed by atoms with E-state index in [4.69, 9.17) is 0 Å². The van der Waals surface area contributed by atoms with Crippen molar-refractivity contribution in [2.24, 2.45) is 7.05 Å². The third-order valence-corrected chi connectivity index (χ3v) is 5.43. The van der Waals surface area contributed by atoms with Gasteiger partial charge in [0.05, 0.1) is 32.5 Å². The van der Waals surface area contributed by atoms with E-state index in [0.29, 0.717) is 0 Å². The third-order valence-electron chi connectivity index (χ3n) is 3.64. The highest BCUT2D eigenvalue weighted by atomic mass is 79.9. The minimum absolute atomic E-state index is 0.225. The number of likely N-dealkylation sites (N-methyl/N-ethyl adjacent to an activating group) is 1. The molecule has 0 spiro atoms. The standard InChI is InChI=1S/C14H22BrN5S/c1-5-7-10-14(21-19-17-10)11(16-3)8-12-13(15)9(6-2)18-20(12)4/h11,16H,5-8H2,1-4H3. The highest BCUT2D eigenvalue weighted by molar-refractivity contribution is 9.10. The van der Waals surface area contributed by atoms with E-state index < -0.39 is 0 Å². The summed E-state index contributed by atoms with van der Waals surface area (Å²) >= 11 is 5.19. The minimum Gasteiger partial charge on any atom is -0.312 e. The Balaban J connectivity index is 2.27. The van der Waals surface area contributed by atoms with E-state index in [0.717, 1.165) is 41.5 Å². The maximum Gasteiger partial charge on any atom is 0.0803 e. The SMILES string of the molecule is CCCc1nnsc1C(Cc1c(Br)c(CC)nn1C)NC. The van der Waals surface area contributed by atoms with Gasteiger partial charge in [-0.15, -0.1) is 5.10 Å². The minimum atomic E-state index is 0.225. The van der Waals surface area contributed by atoms with Gasteiger partial charge in [0.15, 0.2) is 0 Å². The first-order valence-electron chi connectivity index (χ1n) is 7.30. The Bertz CT molecular complexity index is 592. The molecule has 1 unspecified atom stereocenters. The molecule has 0 saturated heterocycles. The van der Waals surface area contributed by atoms with Gasteiger partial charge < -0.3 is 5.32 Å². The van der Waals surface area contributed by atoms with Gasteiger partial charge in [-0.25, -0.2) is 0 Å². The normalized spacial score (nSPS) is 12.8. The first-order valence-corrected chi connectivity index (χ1v) is 8.87. The van der Waals surface area contributed by atoms with Crippen molar-refractivity contribution >= 4 is 27.5 Å². The fourth-order valence-corrected chi connectivity index (χ4v) is 4.03. The van der Waals surface area contributed by atoms with Crippen LogP contribution < -0.4 is 5.32 Å². The van der Waals surface area contributed by atoms with Gasteiger partial charge >= 0.3 is 0 Å². The number of hydrogen-bond acceptors (Lipinski definition) is 5. The fraction of sp³-hybridized carbons (Fsp3) is 0.643. The van der Waals surface area contributed by atoms with Crippen LogP contribution in [0.4, 0.5) is 0 Å². The molecule has 0 aliphatic heterocycles. The van der Waals surface area contributed by atoms with Crippen molar-refractivity contribution in [3.05, 3.63) is 26.4 Å². The van der Waals surface area contributed by atoms with Crippen molar-refractivity contribution in [2.75, 3.05) is 7.05 Å². The molecule has 21 heavy (non-hydrogen) atoms. The molecule has 0 aliphatic carbocycles. The Labute approximate surface area is 138 Å². The van der Waals surface area contributed by atoms with Crippen molar-refractivity contribution in [3.8, 4) is 0 Å². The van der Waals surface area contributed by atoms with Crippen LogP contribution in [0.3, 0.4) is 0 Å². The van der Waals surface area contributed by atoms with Gasteiger partial charge in [0, 0.05) is 13.5 Å². The average molecular weight is 372 g/mol. The van der Waals surface area contributed by atoms with Crippen molar-refractivity contribution in [2.45, 2.75) is 45.6 Å². The smallest absolute Gasteiger partial charge is 0.0803 e. The second kappa shape index (κ2) is 7.47. The molecule has 0 fully saturated rings. The molecule has 0 amide bonds. The highest BCUT2D eigenvalue weighted by Gasteiger charge is 2.22. The lowest BCUT2D eigenvalue weighted by atomic mass is 10.1. The van der Waals surface area contributed by atoms with Crippen LogP contribution in [0.15, 0.2) is 4.47 Å². The number of hydrogen-bond donors (Lipinski definition) is 1. The summed E-state index contributed by atoms with van der Waals surface area (Å²) in [4.78, 5) is 1.24. The van der Waals surface area contributed by atoms with Crippen molar-refractivity contribution in [3.63, 3.8) is 0 Å². The number of nitrogens with one attached hydrogen (secondary N) is 1. The van der Waals surface area contributed by atoms with Crippen LogP contribution >= 0.6 is 27.5 Å². The van der Waals surface area contributed by atoms with Crippen LogP contribution in [0.25, 0.3) is 0 Å². The molecule has 1 atom stereocenters. The summed E-state index contributed by atoms with van der Waals surface area (Å²) in [5, 5.41) is 12.2. The van der Waals surface area contributed by atoms with Gasteiger partial charge in [0.2, 0.25) is 0 Å². The summed E-state index contributed by atoms with van der Waals surface area (Å²) in [6.07, 6.45) is 3.88. The molecule has 0 aromatic carbocycles. The molecule has 2 aromatic rings. The summed E-state index contributed by atoms with van der Waals surface area (Å²) in [5.41, 5.74) is 3.44. The van der Waals surface area contributed by atoms with Crippen molar-refractivity contribution in [1.29, 1.82) is 0 Å². The summed E-state index contributed by atoms with van der Waals surface area (Å²) in [6.45, 7) is 4.29. The number of halogens is 1. The first-order chi connectivity index (χ1) is 10.1. The van der Waals surface area contributed by atoms with Crippen LogP contribution in [0.5, 0.6) is 0 Å². The number of aromatic nitrogens is 4. The Hall–Kier alpha value is -0.790. The van der Waals surface area contributed by atoms with E-state index in [9.17, 15) is 0 Å². The average Bonchev–Trinajstić information content (AvgIpc) is 3.03. The second-order valence-electron chi connectivity index (χ2n) is 5.06. The predicted molar refractivity (Wildman–Crippen MR) is 89.7 cm³/mol. The maximum absolute atomic E-state index is 4.57. The fourth-order valence-electron chi connectivity index (χ4n) is 2.45. The van der Waals surface area contributed by atoms with Gasteiger partial charge in [-0.05, 0) is 47.4 Å². The van der Waals surface area contributed by atoms with Crippen molar-refractivity contribution < 1.29 is 0 Å². The molecule has 0 saturated carbocycles. The lowest BCUT2D eigenvalue weighted by Crippen LogP contribution is -2.20. The largest absolute Gasteiger partial charge is 0.312 e. The Morgan fingerprint density at radius 2 is 2.10 bits per heavy atom. The number of rotatable bonds is 7. The molecule has 0 bridgehead atoms. The van der Waals surface area contributed by atoms with Crippen LogP contribution in [0.1, 0.15) is 48.3 Å². The number of nitrogens with zero attached hydrogens (tertiary/aromatic N) is 4. The molecule has 5 nitrogen and oxygen atoms in total. The quantitative estimate of drug-likeness (QED) is 0.812. The molecular formula is C14H22BrN5S. The highest BCUT2D eigenvalue weighted by Crippen LogP contribution is 2.29. The summed E-state index contributed by atoms with van der Waals surface area (Å²) in [5.74, 6) is 0. The first kappa shape index (κ1) is 16.6. The third kappa shape index (κ3) is 3.52. The monoisotopic (exact) mass is 371 g/mol. The summed E-state index contributed by atoms with van der Waals surface area (Å²) < 4.78 is 7.24. The molecule has 2 aromatic heterocycles. The Morgan fingerprint density at radius 1 is 1.33 bits per heavy atom. The molecular weight excluding hydrogens is 350 g/mol. The predicted octanol–water partition coefficient (Wildman–Crippen LogP) is 3.05. The molecule has 0 radical (unpaired) electrons. The van der Waals surface area contributed by atoms with Crippen molar-refractivity contribution in [1.82, 2.24) is 24.7 Å². The van der Waals surface area contributed by atoms with Gasteiger partial charge in [-0.3, -0.25) is 4.68 Å². The van der Waals surface area contributed by atoms with E-state index in [-0.39, 0.29) is 6.04 Å². The van der Waals surface area contributed by atoms with E-state index in [2.05, 4.69) is 49.8 Å². The number of aryl methyl sites for hydroxylation is 3. The topological polar surface area (TPSA) is 55.6 Å². The van der Waals surface area contributed by atoms with E-state index in [1.165, 1.54) is 22.1 Å². The molecule has 7 heteroatoms. The van der Waals surface area contributed by atoms with Gasteiger partial charge in [-0.1, -0.05) is 24.8 Å². The molecule has 116 valence electrons. The van der Waals surface area contributed by atoms with Crippen LogP contribution in [-0.2, 0) is 26.3 Å². The molecule has 2 heterocycles. The zero-order chi connectivity index (χ0) is 15.4. The second-order valence-corrected chi connectivity index (χ2v) is 6.64. The zero-order valence-corrected chi connectivity index (χ0v) is 15.4. The maximum atomic E-state index is 4.57. The molecule has 2 rings (SSSR count). The summed E-state index contributed by atoms with van der Waals surface area (Å²) in [7, 11) is 4.00. The van der Waals surface area contributed by atoms with Gasteiger partial charge in [-0.2, -0.15) is 5.10 Å².